The highest BCUT2D eigenvalue weighted by atomic mass is 35.5. The lowest BCUT2D eigenvalue weighted by Gasteiger charge is -2.21. The van der Waals surface area contributed by atoms with Crippen molar-refractivity contribution < 1.29 is 19.1 Å². The Balaban J connectivity index is 1.60. The van der Waals surface area contributed by atoms with Gasteiger partial charge in [0.05, 0.1) is 17.2 Å². The molecule has 0 radical (unpaired) electrons. The molecule has 0 aliphatic heterocycles. The fourth-order valence-corrected chi connectivity index (χ4v) is 4.12. The average molecular weight is 542 g/mol. The highest BCUT2D eigenvalue weighted by molar-refractivity contribution is 6.37. The van der Waals surface area contributed by atoms with Crippen LogP contribution in [0.5, 0.6) is 5.75 Å². The van der Waals surface area contributed by atoms with Crippen molar-refractivity contribution in [2.45, 2.75) is 13.5 Å². The molecule has 0 N–H and O–H groups in total. The van der Waals surface area contributed by atoms with Crippen LogP contribution in [0.3, 0.4) is 0 Å². The number of hydrogen-bond acceptors (Lipinski definition) is 7. The lowest BCUT2D eigenvalue weighted by molar-refractivity contribution is 0.0469. The third-order valence-electron chi connectivity index (χ3n) is 5.39. The van der Waals surface area contributed by atoms with Crippen molar-refractivity contribution in [2.24, 2.45) is 0 Å². The first-order valence-corrected chi connectivity index (χ1v) is 11.8. The van der Waals surface area contributed by atoms with Crippen molar-refractivity contribution in [1.82, 2.24) is 19.8 Å². The number of benzene rings is 3. The second-order valence-electron chi connectivity index (χ2n) is 7.63. The quantitative estimate of drug-likeness (QED) is 0.248. The molecule has 0 aliphatic rings. The predicted molar refractivity (Wildman–Crippen MR) is 138 cm³/mol. The molecule has 12 heteroatoms. The zero-order chi connectivity index (χ0) is 26.5. The van der Waals surface area contributed by atoms with E-state index in [1.54, 1.807) is 19.1 Å². The van der Waals surface area contributed by atoms with Crippen molar-refractivity contribution in [3.8, 4) is 11.4 Å². The molecule has 4 aromatic rings. The summed E-state index contributed by atoms with van der Waals surface area (Å²) in [5.41, 5.74) is 0.638. The van der Waals surface area contributed by atoms with Crippen molar-refractivity contribution in [1.29, 1.82) is 0 Å². The van der Waals surface area contributed by atoms with Crippen LogP contribution in [0, 0.1) is 0 Å². The number of aromatic nitrogens is 4. The summed E-state index contributed by atoms with van der Waals surface area (Å²) in [6, 6.07) is 17.7. The minimum atomic E-state index is -0.855. The molecule has 0 bridgehead atoms. The van der Waals surface area contributed by atoms with Crippen LogP contribution >= 0.6 is 23.2 Å². The van der Waals surface area contributed by atoms with Crippen LogP contribution in [0.4, 0.5) is 10.5 Å². The SMILES string of the molecule is CCN(C(=O)n1nnn(-c2c(Cl)cccc2Cl)c1=O)c1ccc(C(=O)OCc2ccccc2)c(OC)c1. The van der Waals surface area contributed by atoms with Crippen molar-refractivity contribution in [3.05, 3.63) is 98.4 Å². The molecule has 1 amide bonds. The summed E-state index contributed by atoms with van der Waals surface area (Å²) in [6.45, 7) is 1.98. The van der Waals surface area contributed by atoms with E-state index >= 15 is 0 Å². The second-order valence-corrected chi connectivity index (χ2v) is 8.44. The molecule has 10 nitrogen and oxygen atoms in total. The third-order valence-corrected chi connectivity index (χ3v) is 6.00. The fourth-order valence-electron chi connectivity index (χ4n) is 3.56. The number of hydrogen-bond donors (Lipinski definition) is 0. The van der Waals surface area contributed by atoms with Gasteiger partial charge in [0.1, 0.15) is 23.6 Å². The number of para-hydroxylation sites is 1. The number of anilines is 1. The van der Waals surface area contributed by atoms with Gasteiger partial charge in [-0.15, -0.1) is 4.68 Å². The molecule has 0 fully saturated rings. The molecule has 3 aromatic carbocycles. The normalized spacial score (nSPS) is 10.7. The van der Waals surface area contributed by atoms with Gasteiger partial charge in [0, 0.05) is 18.3 Å². The van der Waals surface area contributed by atoms with Gasteiger partial charge in [0.2, 0.25) is 0 Å². The van der Waals surface area contributed by atoms with E-state index in [1.165, 1.54) is 36.3 Å². The first-order valence-electron chi connectivity index (χ1n) is 11.1. The smallest absolute Gasteiger partial charge is 0.377 e. The molecule has 1 heterocycles. The number of rotatable bonds is 7. The van der Waals surface area contributed by atoms with Crippen LogP contribution in [-0.4, -0.2) is 45.4 Å². The van der Waals surface area contributed by atoms with E-state index in [4.69, 9.17) is 32.7 Å². The lowest BCUT2D eigenvalue weighted by Crippen LogP contribution is -2.41. The van der Waals surface area contributed by atoms with Crippen LogP contribution in [0.1, 0.15) is 22.8 Å². The molecule has 4 rings (SSSR count). The molecule has 37 heavy (non-hydrogen) atoms. The van der Waals surface area contributed by atoms with Crippen molar-refractivity contribution in [3.63, 3.8) is 0 Å². The summed E-state index contributed by atoms with van der Waals surface area (Å²) in [4.78, 5) is 40.2. The molecule has 1 aromatic heterocycles. The van der Waals surface area contributed by atoms with E-state index in [0.29, 0.717) is 10.4 Å². The average Bonchev–Trinajstić information content (AvgIpc) is 3.28. The number of carbonyl (C=O) groups is 2. The number of tetrazole rings is 1. The summed E-state index contributed by atoms with van der Waals surface area (Å²) in [5, 5.41) is 7.82. The Hall–Kier alpha value is -4.15. The standard InChI is InChI=1S/C25H21Cl2N5O5/c1-3-30(24(34)32-25(35)31(28-29-32)22-19(26)10-7-11-20(22)27)17-12-13-18(21(14-17)36-2)23(33)37-15-16-8-5-4-6-9-16/h4-14H,3,15H2,1-2H3. The van der Waals surface area contributed by atoms with Gasteiger partial charge in [0.25, 0.3) is 0 Å². The molecule has 0 atom stereocenters. The zero-order valence-corrected chi connectivity index (χ0v) is 21.3. The van der Waals surface area contributed by atoms with Crippen LogP contribution in [-0.2, 0) is 11.3 Å². The Morgan fingerprint density at radius 2 is 1.68 bits per heavy atom. The molecule has 190 valence electrons. The maximum atomic E-state index is 13.3. The molecule has 0 saturated heterocycles. The molecular formula is C25H21Cl2N5O5. The first-order chi connectivity index (χ1) is 17.8. The Labute approximate surface area is 221 Å². The van der Waals surface area contributed by atoms with Crippen LogP contribution < -0.4 is 15.3 Å². The van der Waals surface area contributed by atoms with Gasteiger partial charge in [-0.2, -0.15) is 4.68 Å². The Morgan fingerprint density at radius 3 is 2.32 bits per heavy atom. The maximum Gasteiger partial charge on any atom is 0.377 e. The van der Waals surface area contributed by atoms with Crippen molar-refractivity contribution >= 4 is 40.9 Å². The van der Waals surface area contributed by atoms with E-state index in [-0.39, 0.29) is 40.2 Å². The summed E-state index contributed by atoms with van der Waals surface area (Å²) < 4.78 is 12.2. The molecule has 0 aliphatic carbocycles. The number of carbonyl (C=O) groups excluding carboxylic acids is 2. The van der Waals surface area contributed by atoms with E-state index in [9.17, 15) is 14.4 Å². The van der Waals surface area contributed by atoms with Crippen LogP contribution in [0.15, 0.2) is 71.5 Å². The number of halogens is 2. The van der Waals surface area contributed by atoms with E-state index in [2.05, 4.69) is 10.4 Å². The number of methoxy groups -OCH3 is 1. The highest BCUT2D eigenvalue weighted by Crippen LogP contribution is 2.28. The Bertz CT molecular complexity index is 1480. The molecule has 0 saturated carbocycles. The fraction of sp³-hybridized carbons (Fsp3) is 0.160. The van der Waals surface area contributed by atoms with E-state index < -0.39 is 17.7 Å². The summed E-state index contributed by atoms with van der Waals surface area (Å²) in [5.74, 6) is -0.391. The second kappa shape index (κ2) is 11.3. The Kier molecular flexibility index (Phi) is 7.90. The number of nitrogens with zero attached hydrogens (tertiary/aromatic N) is 5. The number of esters is 1. The van der Waals surface area contributed by atoms with Gasteiger partial charge in [-0.05, 0) is 47.2 Å². The van der Waals surface area contributed by atoms with Crippen molar-refractivity contribution in [2.75, 3.05) is 18.6 Å². The minimum absolute atomic E-state index is 0.0954. The monoisotopic (exact) mass is 541 g/mol. The summed E-state index contributed by atoms with van der Waals surface area (Å²) in [7, 11) is 1.40. The number of ether oxygens (including phenoxy) is 2. The summed E-state index contributed by atoms with van der Waals surface area (Å²) >= 11 is 12.3. The van der Waals surface area contributed by atoms with Gasteiger partial charge < -0.3 is 9.47 Å². The van der Waals surface area contributed by atoms with Gasteiger partial charge in [0.15, 0.2) is 0 Å². The number of amides is 1. The lowest BCUT2D eigenvalue weighted by atomic mass is 10.1. The van der Waals surface area contributed by atoms with Gasteiger partial charge in [-0.25, -0.2) is 14.4 Å². The van der Waals surface area contributed by atoms with Gasteiger partial charge >= 0.3 is 17.7 Å². The molecule has 0 spiro atoms. The van der Waals surface area contributed by atoms with Gasteiger partial charge in [-0.1, -0.05) is 59.6 Å². The molecular weight excluding hydrogens is 521 g/mol. The highest BCUT2D eigenvalue weighted by Gasteiger charge is 2.25. The van der Waals surface area contributed by atoms with Gasteiger partial charge in [-0.3, -0.25) is 4.90 Å². The Morgan fingerprint density at radius 1 is 0.973 bits per heavy atom. The van der Waals surface area contributed by atoms with E-state index in [0.717, 1.165) is 10.2 Å². The van der Waals surface area contributed by atoms with Crippen LogP contribution in [0.2, 0.25) is 10.0 Å². The predicted octanol–water partition coefficient (Wildman–Crippen LogP) is 4.60. The topological polar surface area (TPSA) is 109 Å². The summed E-state index contributed by atoms with van der Waals surface area (Å²) in [6.07, 6.45) is 0. The zero-order valence-electron chi connectivity index (χ0n) is 19.8. The van der Waals surface area contributed by atoms with E-state index in [1.807, 2.05) is 30.3 Å². The first kappa shape index (κ1) is 25.9. The van der Waals surface area contributed by atoms with Crippen LogP contribution in [0.25, 0.3) is 5.69 Å². The third kappa shape index (κ3) is 5.35. The maximum absolute atomic E-state index is 13.3. The largest absolute Gasteiger partial charge is 0.496 e. The molecule has 0 unspecified atom stereocenters. The minimum Gasteiger partial charge on any atom is -0.496 e.